The second-order valence-electron chi connectivity index (χ2n) is 5.87. The quantitative estimate of drug-likeness (QED) is 0.822. The summed E-state index contributed by atoms with van der Waals surface area (Å²) in [4.78, 5) is 25.9. The highest BCUT2D eigenvalue weighted by atomic mass is 35.5. The summed E-state index contributed by atoms with van der Waals surface area (Å²) in [6.07, 6.45) is 1.82. The van der Waals surface area contributed by atoms with E-state index in [1.54, 1.807) is 29.2 Å². The van der Waals surface area contributed by atoms with Gasteiger partial charge in [-0.3, -0.25) is 0 Å². The molecule has 2 aromatic rings. The number of urea groups is 1. The molecule has 1 aliphatic heterocycles. The van der Waals surface area contributed by atoms with Gasteiger partial charge in [-0.1, -0.05) is 29.8 Å². The largest absolute Gasteiger partial charge is 0.465 e. The number of rotatable bonds is 3. The zero-order chi connectivity index (χ0) is 17.8. The maximum absolute atomic E-state index is 12.7. The molecular weight excluding hydrogens is 340 g/mol. The summed E-state index contributed by atoms with van der Waals surface area (Å²) in [6, 6.07) is 14.0. The van der Waals surface area contributed by atoms with E-state index in [0.29, 0.717) is 22.8 Å². The first-order valence-electron chi connectivity index (χ1n) is 8.10. The van der Waals surface area contributed by atoms with E-state index in [1.165, 1.54) is 7.11 Å². The molecule has 2 amide bonds. The highest BCUT2D eigenvalue weighted by molar-refractivity contribution is 6.31. The molecule has 1 atom stereocenters. The highest BCUT2D eigenvalue weighted by Gasteiger charge is 2.31. The number of likely N-dealkylation sites (tertiary alicyclic amines) is 1. The molecule has 0 unspecified atom stereocenters. The molecule has 0 saturated carbocycles. The Bertz CT molecular complexity index is 776. The van der Waals surface area contributed by atoms with Crippen LogP contribution in [0.3, 0.4) is 0 Å². The molecule has 25 heavy (non-hydrogen) atoms. The molecule has 6 heteroatoms. The van der Waals surface area contributed by atoms with E-state index in [1.807, 2.05) is 24.3 Å². The van der Waals surface area contributed by atoms with Gasteiger partial charge in [-0.2, -0.15) is 0 Å². The maximum Gasteiger partial charge on any atom is 0.337 e. The van der Waals surface area contributed by atoms with Crippen LogP contribution in [0.4, 0.5) is 10.5 Å². The van der Waals surface area contributed by atoms with Gasteiger partial charge in [-0.15, -0.1) is 0 Å². The van der Waals surface area contributed by atoms with Gasteiger partial charge in [0, 0.05) is 17.3 Å². The van der Waals surface area contributed by atoms with Crippen molar-refractivity contribution in [3.05, 3.63) is 64.7 Å². The Morgan fingerprint density at radius 3 is 2.56 bits per heavy atom. The number of anilines is 1. The molecule has 1 saturated heterocycles. The number of halogens is 1. The van der Waals surface area contributed by atoms with E-state index in [0.717, 1.165) is 18.4 Å². The Balaban J connectivity index is 1.72. The number of carbonyl (C=O) groups is 2. The van der Waals surface area contributed by atoms with Gasteiger partial charge < -0.3 is 15.0 Å². The molecule has 0 aromatic heterocycles. The van der Waals surface area contributed by atoms with Gasteiger partial charge in [0.15, 0.2) is 0 Å². The lowest BCUT2D eigenvalue weighted by atomic mass is 10.0. The molecule has 3 rings (SSSR count). The molecule has 0 spiro atoms. The molecule has 1 fully saturated rings. The van der Waals surface area contributed by atoms with Gasteiger partial charge in [0.1, 0.15) is 0 Å². The van der Waals surface area contributed by atoms with E-state index in [2.05, 4.69) is 10.1 Å². The first kappa shape index (κ1) is 17.3. The standard InChI is InChI=1S/C19H19ClN2O3/c1-25-18(23)13-8-10-14(11-9-13)21-19(24)22-12-4-7-17(22)15-5-2-3-6-16(15)20/h2-3,5-6,8-11,17H,4,7,12H2,1H3,(H,21,24)/t17-/m0/s1. The van der Waals surface area contributed by atoms with Crippen LogP contribution in [0.25, 0.3) is 0 Å². The molecule has 0 radical (unpaired) electrons. The lowest BCUT2D eigenvalue weighted by Crippen LogP contribution is -2.34. The molecule has 0 bridgehead atoms. The van der Waals surface area contributed by atoms with Crippen molar-refractivity contribution < 1.29 is 14.3 Å². The molecular formula is C19H19ClN2O3. The number of esters is 1. The fourth-order valence-corrected chi connectivity index (χ4v) is 3.34. The van der Waals surface area contributed by atoms with Crippen molar-refractivity contribution >= 4 is 29.3 Å². The van der Waals surface area contributed by atoms with Crippen molar-refractivity contribution in [2.24, 2.45) is 0 Å². The zero-order valence-electron chi connectivity index (χ0n) is 13.9. The Labute approximate surface area is 151 Å². The minimum atomic E-state index is -0.406. The van der Waals surface area contributed by atoms with Gasteiger partial charge in [-0.05, 0) is 48.7 Å². The number of nitrogens with one attached hydrogen (secondary N) is 1. The summed E-state index contributed by atoms with van der Waals surface area (Å²) < 4.78 is 4.67. The third-order valence-corrected chi connectivity index (χ3v) is 4.68. The van der Waals surface area contributed by atoms with Crippen LogP contribution in [0.2, 0.25) is 5.02 Å². The second kappa shape index (κ2) is 7.57. The molecule has 0 aliphatic carbocycles. The van der Waals surface area contributed by atoms with Crippen molar-refractivity contribution in [3.8, 4) is 0 Å². The van der Waals surface area contributed by atoms with Crippen molar-refractivity contribution in [1.29, 1.82) is 0 Å². The number of amides is 2. The van der Waals surface area contributed by atoms with Gasteiger partial charge in [-0.25, -0.2) is 9.59 Å². The van der Waals surface area contributed by atoms with Crippen LogP contribution in [0.5, 0.6) is 0 Å². The third kappa shape index (κ3) is 3.77. The van der Waals surface area contributed by atoms with E-state index in [4.69, 9.17) is 11.6 Å². The molecule has 130 valence electrons. The smallest absolute Gasteiger partial charge is 0.337 e. The topological polar surface area (TPSA) is 58.6 Å². The maximum atomic E-state index is 12.7. The van der Waals surface area contributed by atoms with Crippen molar-refractivity contribution in [2.45, 2.75) is 18.9 Å². The summed E-state index contributed by atoms with van der Waals surface area (Å²) in [6.45, 7) is 0.683. The Morgan fingerprint density at radius 2 is 1.88 bits per heavy atom. The first-order valence-corrected chi connectivity index (χ1v) is 8.48. The van der Waals surface area contributed by atoms with Crippen molar-refractivity contribution in [3.63, 3.8) is 0 Å². The van der Waals surface area contributed by atoms with E-state index in [9.17, 15) is 9.59 Å². The number of hydrogen-bond acceptors (Lipinski definition) is 3. The second-order valence-corrected chi connectivity index (χ2v) is 6.28. The molecule has 1 heterocycles. The summed E-state index contributed by atoms with van der Waals surface area (Å²) in [5.41, 5.74) is 2.04. The number of carbonyl (C=O) groups excluding carboxylic acids is 2. The van der Waals surface area contributed by atoms with Crippen LogP contribution >= 0.6 is 11.6 Å². The molecule has 2 aromatic carbocycles. The summed E-state index contributed by atoms with van der Waals surface area (Å²) >= 11 is 6.29. The zero-order valence-corrected chi connectivity index (χ0v) is 14.6. The predicted octanol–water partition coefficient (Wildman–Crippen LogP) is 4.50. The van der Waals surface area contributed by atoms with Crippen LogP contribution in [-0.2, 0) is 4.74 Å². The Kier molecular flexibility index (Phi) is 5.24. The molecule has 5 nitrogen and oxygen atoms in total. The minimum absolute atomic E-state index is 0.0250. The fraction of sp³-hybridized carbons (Fsp3) is 0.263. The summed E-state index contributed by atoms with van der Waals surface area (Å²) in [7, 11) is 1.33. The van der Waals surface area contributed by atoms with E-state index >= 15 is 0 Å². The molecule has 1 aliphatic rings. The predicted molar refractivity (Wildman–Crippen MR) is 96.9 cm³/mol. The lowest BCUT2D eigenvalue weighted by Gasteiger charge is -2.26. The third-order valence-electron chi connectivity index (χ3n) is 4.34. The lowest BCUT2D eigenvalue weighted by molar-refractivity contribution is 0.0601. The van der Waals surface area contributed by atoms with Crippen LogP contribution in [0, 0.1) is 0 Å². The van der Waals surface area contributed by atoms with Crippen molar-refractivity contribution in [2.75, 3.05) is 19.0 Å². The normalized spacial score (nSPS) is 16.6. The number of ether oxygens (including phenoxy) is 1. The first-order chi connectivity index (χ1) is 12.1. The summed E-state index contributed by atoms with van der Waals surface area (Å²) in [5, 5.41) is 3.55. The minimum Gasteiger partial charge on any atom is -0.465 e. The van der Waals surface area contributed by atoms with E-state index < -0.39 is 5.97 Å². The monoisotopic (exact) mass is 358 g/mol. The van der Waals surface area contributed by atoms with Gasteiger partial charge in [0.05, 0.1) is 18.7 Å². The van der Waals surface area contributed by atoms with Crippen LogP contribution in [0.15, 0.2) is 48.5 Å². The van der Waals surface area contributed by atoms with Gasteiger partial charge >= 0.3 is 12.0 Å². The number of methoxy groups -OCH3 is 1. The Morgan fingerprint density at radius 1 is 1.16 bits per heavy atom. The van der Waals surface area contributed by atoms with Crippen molar-refractivity contribution in [1.82, 2.24) is 4.90 Å². The summed E-state index contributed by atoms with van der Waals surface area (Å²) in [5.74, 6) is -0.406. The average Bonchev–Trinajstić information content (AvgIpc) is 3.11. The van der Waals surface area contributed by atoms with E-state index in [-0.39, 0.29) is 12.1 Å². The number of benzene rings is 2. The highest BCUT2D eigenvalue weighted by Crippen LogP contribution is 2.35. The van der Waals surface area contributed by atoms with Crippen LogP contribution in [-0.4, -0.2) is 30.6 Å². The number of hydrogen-bond donors (Lipinski definition) is 1. The fourth-order valence-electron chi connectivity index (χ4n) is 3.08. The van der Waals surface area contributed by atoms with Gasteiger partial charge in [0.2, 0.25) is 0 Å². The van der Waals surface area contributed by atoms with Crippen LogP contribution in [0.1, 0.15) is 34.8 Å². The number of nitrogens with zero attached hydrogens (tertiary/aromatic N) is 1. The molecule has 1 N–H and O–H groups in total. The average molecular weight is 359 g/mol. The van der Waals surface area contributed by atoms with Crippen LogP contribution < -0.4 is 5.32 Å². The van der Waals surface area contributed by atoms with Gasteiger partial charge in [0.25, 0.3) is 0 Å². The Hall–Kier alpha value is -2.53. The SMILES string of the molecule is COC(=O)c1ccc(NC(=O)N2CCC[C@H]2c2ccccc2Cl)cc1.